The Balaban J connectivity index is 0.000000705. The topological polar surface area (TPSA) is 30.5 Å². The maximum absolute atomic E-state index is 5.73. The first kappa shape index (κ1) is 21.7. The second-order valence-electron chi connectivity index (χ2n) is 5.78. The largest absolute Gasteiger partial charge is 0.490 e. The van der Waals surface area contributed by atoms with Crippen LogP contribution in [0.5, 0.6) is 11.5 Å². The number of allylic oxidation sites excluding steroid dienone is 2. The van der Waals surface area contributed by atoms with Crippen molar-refractivity contribution >= 4 is 11.8 Å². The Morgan fingerprint density at radius 2 is 1.76 bits per heavy atom. The molecule has 0 aliphatic carbocycles. The summed E-state index contributed by atoms with van der Waals surface area (Å²) in [5.41, 5.74) is 1.32. The molecule has 4 heteroatoms. The SMILES string of the molecule is C=CC=C.CCCCC1CSc2cc(OCC)c(OCC)cc2CN1. The van der Waals surface area contributed by atoms with E-state index in [2.05, 4.69) is 37.5 Å². The molecular weight excluding hydrogens is 330 g/mol. The van der Waals surface area contributed by atoms with E-state index in [0.717, 1.165) is 23.8 Å². The summed E-state index contributed by atoms with van der Waals surface area (Å²) in [4.78, 5) is 1.33. The molecule has 0 saturated heterocycles. The van der Waals surface area contributed by atoms with Crippen LogP contribution >= 0.6 is 11.8 Å². The van der Waals surface area contributed by atoms with Gasteiger partial charge in [0.1, 0.15) is 0 Å². The molecule has 25 heavy (non-hydrogen) atoms. The lowest BCUT2D eigenvalue weighted by Gasteiger charge is -2.15. The first-order valence-electron chi connectivity index (χ1n) is 9.22. The highest BCUT2D eigenvalue weighted by Gasteiger charge is 2.18. The quantitative estimate of drug-likeness (QED) is 0.609. The minimum Gasteiger partial charge on any atom is -0.490 e. The molecule has 0 amide bonds. The molecule has 1 atom stereocenters. The second-order valence-corrected chi connectivity index (χ2v) is 6.84. The van der Waals surface area contributed by atoms with Gasteiger partial charge in [0.15, 0.2) is 11.5 Å². The molecule has 1 unspecified atom stereocenters. The van der Waals surface area contributed by atoms with Crippen LogP contribution in [0.4, 0.5) is 0 Å². The van der Waals surface area contributed by atoms with E-state index in [1.54, 1.807) is 12.2 Å². The van der Waals surface area contributed by atoms with E-state index in [4.69, 9.17) is 9.47 Å². The van der Waals surface area contributed by atoms with Gasteiger partial charge in [0.2, 0.25) is 0 Å². The molecule has 1 heterocycles. The molecule has 1 aromatic carbocycles. The Bertz CT molecular complexity index is 488. The molecule has 1 N–H and O–H groups in total. The molecule has 0 bridgehead atoms. The Morgan fingerprint density at radius 3 is 2.32 bits per heavy atom. The molecule has 1 aromatic rings. The average Bonchev–Trinajstić information content (AvgIpc) is 2.83. The third-order valence-electron chi connectivity index (χ3n) is 3.82. The van der Waals surface area contributed by atoms with Crippen molar-refractivity contribution in [1.82, 2.24) is 5.32 Å². The number of nitrogens with one attached hydrogen (secondary N) is 1. The van der Waals surface area contributed by atoms with Crippen LogP contribution in [0, 0.1) is 0 Å². The fourth-order valence-corrected chi connectivity index (χ4v) is 3.70. The van der Waals surface area contributed by atoms with Gasteiger partial charge in [-0.3, -0.25) is 0 Å². The van der Waals surface area contributed by atoms with Gasteiger partial charge in [-0.1, -0.05) is 45.1 Å². The van der Waals surface area contributed by atoms with E-state index in [0.29, 0.717) is 19.3 Å². The zero-order chi connectivity index (χ0) is 18.5. The monoisotopic (exact) mass is 363 g/mol. The Kier molecular flexibility index (Phi) is 11.2. The number of rotatable bonds is 8. The van der Waals surface area contributed by atoms with Crippen LogP contribution in [0.15, 0.2) is 42.3 Å². The van der Waals surface area contributed by atoms with E-state index in [9.17, 15) is 0 Å². The van der Waals surface area contributed by atoms with E-state index < -0.39 is 0 Å². The van der Waals surface area contributed by atoms with Crippen molar-refractivity contribution in [1.29, 1.82) is 0 Å². The van der Waals surface area contributed by atoms with Crippen molar-refractivity contribution in [2.75, 3.05) is 19.0 Å². The van der Waals surface area contributed by atoms with Crippen molar-refractivity contribution in [3.63, 3.8) is 0 Å². The summed E-state index contributed by atoms with van der Waals surface area (Å²) in [6.07, 6.45) is 7.09. The summed E-state index contributed by atoms with van der Waals surface area (Å²) in [6.45, 7) is 15.2. The predicted octanol–water partition coefficient (Wildman–Crippen LogP) is 5.60. The molecule has 0 radical (unpaired) electrons. The summed E-state index contributed by atoms with van der Waals surface area (Å²) in [6, 6.07) is 4.90. The molecule has 1 aliphatic rings. The maximum Gasteiger partial charge on any atom is 0.162 e. The summed E-state index contributed by atoms with van der Waals surface area (Å²) in [5.74, 6) is 2.87. The van der Waals surface area contributed by atoms with E-state index >= 15 is 0 Å². The van der Waals surface area contributed by atoms with Crippen LogP contribution < -0.4 is 14.8 Å². The first-order valence-corrected chi connectivity index (χ1v) is 10.2. The maximum atomic E-state index is 5.73. The molecule has 2 rings (SSSR count). The zero-order valence-electron chi connectivity index (χ0n) is 16.0. The number of hydrogen-bond acceptors (Lipinski definition) is 4. The van der Waals surface area contributed by atoms with Gasteiger partial charge in [0, 0.05) is 23.2 Å². The highest BCUT2D eigenvalue weighted by molar-refractivity contribution is 7.99. The van der Waals surface area contributed by atoms with Gasteiger partial charge in [0.05, 0.1) is 13.2 Å². The van der Waals surface area contributed by atoms with Crippen LogP contribution in [0.3, 0.4) is 0 Å². The molecule has 1 aliphatic heterocycles. The molecule has 140 valence electrons. The van der Waals surface area contributed by atoms with Gasteiger partial charge in [0.25, 0.3) is 0 Å². The van der Waals surface area contributed by atoms with Crippen molar-refractivity contribution in [2.45, 2.75) is 57.5 Å². The fraction of sp³-hybridized carbons (Fsp3) is 0.524. The number of ether oxygens (including phenoxy) is 2. The minimum atomic E-state index is 0.605. The number of thioether (sulfide) groups is 1. The molecular formula is C21H33NO2S. The number of hydrogen-bond donors (Lipinski definition) is 1. The highest BCUT2D eigenvalue weighted by atomic mass is 32.2. The van der Waals surface area contributed by atoms with E-state index in [1.807, 2.05) is 25.6 Å². The Labute approximate surface area is 157 Å². The van der Waals surface area contributed by atoms with Gasteiger partial charge < -0.3 is 14.8 Å². The van der Waals surface area contributed by atoms with Gasteiger partial charge in [-0.2, -0.15) is 0 Å². The van der Waals surface area contributed by atoms with Crippen molar-refractivity contribution in [3.8, 4) is 11.5 Å². The van der Waals surface area contributed by atoms with Gasteiger partial charge in [-0.25, -0.2) is 0 Å². The molecule has 0 saturated carbocycles. The van der Waals surface area contributed by atoms with Crippen LogP contribution in [-0.4, -0.2) is 25.0 Å². The summed E-state index contributed by atoms with van der Waals surface area (Å²) < 4.78 is 11.5. The third kappa shape index (κ3) is 7.57. The first-order chi connectivity index (χ1) is 12.2. The third-order valence-corrected chi connectivity index (χ3v) is 5.08. The lowest BCUT2D eigenvalue weighted by molar-refractivity contribution is 0.286. The fourth-order valence-electron chi connectivity index (χ4n) is 2.53. The summed E-state index contributed by atoms with van der Waals surface area (Å²) >= 11 is 1.94. The van der Waals surface area contributed by atoms with Crippen molar-refractivity contribution in [3.05, 3.63) is 43.0 Å². The lowest BCUT2D eigenvalue weighted by atomic mass is 10.1. The van der Waals surface area contributed by atoms with E-state index in [1.165, 1.54) is 29.7 Å². The predicted molar refractivity (Wildman–Crippen MR) is 110 cm³/mol. The highest BCUT2D eigenvalue weighted by Crippen LogP contribution is 2.37. The standard InChI is InChI=1S/C17H27NO2S.C4H6/c1-4-7-8-14-12-21-17-10-16(20-6-3)15(19-5-2)9-13(17)11-18-14;1-3-4-2/h9-10,14,18H,4-8,11-12H2,1-3H3;3-4H,1-2H2. The average molecular weight is 364 g/mol. The van der Waals surface area contributed by atoms with Crippen LogP contribution in [-0.2, 0) is 6.54 Å². The van der Waals surface area contributed by atoms with Gasteiger partial charge >= 0.3 is 0 Å². The van der Waals surface area contributed by atoms with Crippen LogP contribution in [0.2, 0.25) is 0 Å². The summed E-state index contributed by atoms with van der Waals surface area (Å²) in [5, 5.41) is 3.68. The Hall–Kier alpha value is -1.39. The normalized spacial score (nSPS) is 15.9. The van der Waals surface area contributed by atoms with Gasteiger partial charge in [-0.15, -0.1) is 11.8 Å². The van der Waals surface area contributed by atoms with Crippen LogP contribution in [0.25, 0.3) is 0 Å². The molecule has 0 aromatic heterocycles. The number of unbranched alkanes of at least 4 members (excludes halogenated alkanes) is 1. The molecule has 3 nitrogen and oxygen atoms in total. The van der Waals surface area contributed by atoms with Crippen molar-refractivity contribution in [2.24, 2.45) is 0 Å². The van der Waals surface area contributed by atoms with Crippen LogP contribution in [0.1, 0.15) is 45.6 Å². The lowest BCUT2D eigenvalue weighted by Crippen LogP contribution is -2.29. The molecule has 0 fully saturated rings. The minimum absolute atomic E-state index is 0.605. The smallest absolute Gasteiger partial charge is 0.162 e. The Morgan fingerprint density at radius 1 is 1.12 bits per heavy atom. The second kappa shape index (κ2) is 12.9. The zero-order valence-corrected chi connectivity index (χ0v) is 16.8. The molecule has 0 spiro atoms. The van der Waals surface area contributed by atoms with Gasteiger partial charge in [-0.05, 0) is 38.0 Å². The van der Waals surface area contributed by atoms with Crippen molar-refractivity contribution < 1.29 is 9.47 Å². The number of benzene rings is 1. The summed E-state index contributed by atoms with van der Waals surface area (Å²) in [7, 11) is 0. The van der Waals surface area contributed by atoms with E-state index in [-0.39, 0.29) is 0 Å². The number of fused-ring (bicyclic) bond motifs is 1.